The van der Waals surface area contributed by atoms with Gasteiger partial charge in [-0.3, -0.25) is 14.4 Å². The van der Waals surface area contributed by atoms with Gasteiger partial charge in [-0.2, -0.15) is 0 Å². The van der Waals surface area contributed by atoms with E-state index in [0.717, 1.165) is 24.0 Å². The molecule has 4 atom stereocenters. The topological polar surface area (TPSA) is 132 Å². The smallest absolute Gasteiger partial charge is 0.250 e. The van der Waals surface area contributed by atoms with Crippen LogP contribution in [0.25, 0.3) is 0 Å². The molecule has 2 aromatic carbocycles. The SMILES string of the molecule is CC1CCC(C)N1C(=O)C(c1ccccc1)n1cnc(NC(=O)C(COCc2ccccc2)NC(=O)C(C)(C)N)c1. The van der Waals surface area contributed by atoms with Gasteiger partial charge in [-0.15, -0.1) is 0 Å². The highest BCUT2D eigenvalue weighted by atomic mass is 16.5. The summed E-state index contributed by atoms with van der Waals surface area (Å²) in [6.45, 7) is 7.47. The number of benzene rings is 2. The van der Waals surface area contributed by atoms with Gasteiger partial charge in [0.05, 0.1) is 25.1 Å². The minimum absolute atomic E-state index is 0.0198. The molecule has 4 rings (SSSR count). The van der Waals surface area contributed by atoms with E-state index in [1.807, 2.05) is 65.6 Å². The van der Waals surface area contributed by atoms with Crippen molar-refractivity contribution < 1.29 is 19.1 Å². The standard InChI is InChI=1S/C31H40N6O4/c1-21-15-16-22(2)37(21)29(39)27(24-13-9-6-10-14-24)36-17-26(33-20-36)35-28(38)25(34-30(40)31(3,4)32)19-41-18-23-11-7-5-8-12-23/h5-14,17,20-22,25,27H,15-16,18-19,32H2,1-4H3,(H,34,40)(H,35,38). The first-order valence-electron chi connectivity index (χ1n) is 14.0. The molecule has 4 N–H and O–H groups in total. The van der Waals surface area contributed by atoms with Crippen molar-refractivity contribution in [2.75, 3.05) is 11.9 Å². The summed E-state index contributed by atoms with van der Waals surface area (Å²) in [7, 11) is 0. The number of aromatic nitrogens is 2. The van der Waals surface area contributed by atoms with Crippen LogP contribution in [0.5, 0.6) is 0 Å². The Labute approximate surface area is 241 Å². The molecule has 218 valence electrons. The highest BCUT2D eigenvalue weighted by Crippen LogP contribution is 2.30. The fraction of sp³-hybridized carbons (Fsp3) is 0.419. The van der Waals surface area contributed by atoms with Gasteiger partial charge >= 0.3 is 0 Å². The molecule has 0 radical (unpaired) electrons. The van der Waals surface area contributed by atoms with Crippen molar-refractivity contribution in [3.63, 3.8) is 0 Å². The predicted molar refractivity (Wildman–Crippen MR) is 157 cm³/mol. The zero-order valence-corrected chi connectivity index (χ0v) is 24.1. The fourth-order valence-corrected chi connectivity index (χ4v) is 5.00. The van der Waals surface area contributed by atoms with Crippen molar-refractivity contribution in [1.29, 1.82) is 0 Å². The summed E-state index contributed by atoms with van der Waals surface area (Å²) < 4.78 is 7.49. The van der Waals surface area contributed by atoms with Gasteiger partial charge in [-0.25, -0.2) is 4.98 Å². The maximum Gasteiger partial charge on any atom is 0.250 e. The van der Waals surface area contributed by atoms with Gasteiger partial charge in [-0.1, -0.05) is 60.7 Å². The van der Waals surface area contributed by atoms with E-state index in [4.69, 9.17) is 10.5 Å². The Hall–Kier alpha value is -4.02. The van der Waals surface area contributed by atoms with E-state index in [9.17, 15) is 14.4 Å². The summed E-state index contributed by atoms with van der Waals surface area (Å²) in [5.41, 5.74) is 6.53. The number of anilines is 1. The number of hydrogen-bond acceptors (Lipinski definition) is 6. The number of ether oxygens (including phenoxy) is 1. The predicted octanol–water partition coefficient (Wildman–Crippen LogP) is 3.25. The number of carbonyl (C=O) groups is 3. The third-order valence-corrected chi connectivity index (χ3v) is 7.31. The molecule has 0 saturated carbocycles. The second kappa shape index (κ2) is 13.1. The minimum Gasteiger partial charge on any atom is -0.374 e. The van der Waals surface area contributed by atoms with Gasteiger partial charge in [0, 0.05) is 18.3 Å². The van der Waals surface area contributed by atoms with Crippen molar-refractivity contribution in [3.05, 3.63) is 84.3 Å². The zero-order chi connectivity index (χ0) is 29.6. The number of nitrogens with one attached hydrogen (secondary N) is 2. The van der Waals surface area contributed by atoms with E-state index in [2.05, 4.69) is 29.5 Å². The van der Waals surface area contributed by atoms with Crippen LogP contribution in [-0.4, -0.2) is 62.4 Å². The summed E-state index contributed by atoms with van der Waals surface area (Å²) in [4.78, 5) is 46.1. The second-order valence-corrected chi connectivity index (χ2v) is 11.3. The van der Waals surface area contributed by atoms with Gasteiger partial charge in [0.1, 0.15) is 12.1 Å². The average molecular weight is 561 g/mol. The molecular formula is C31H40N6O4. The molecule has 10 heteroatoms. The number of nitrogens with zero attached hydrogens (tertiary/aromatic N) is 3. The van der Waals surface area contributed by atoms with Crippen LogP contribution in [0.4, 0.5) is 5.82 Å². The molecule has 1 aliphatic rings. The molecule has 41 heavy (non-hydrogen) atoms. The molecule has 1 saturated heterocycles. The summed E-state index contributed by atoms with van der Waals surface area (Å²) >= 11 is 0. The van der Waals surface area contributed by atoms with Crippen molar-refractivity contribution in [1.82, 2.24) is 19.8 Å². The van der Waals surface area contributed by atoms with Gasteiger partial charge in [-0.05, 0) is 51.7 Å². The quantitative estimate of drug-likeness (QED) is 0.330. The summed E-state index contributed by atoms with van der Waals surface area (Å²) in [5.74, 6) is -0.769. The lowest BCUT2D eigenvalue weighted by molar-refractivity contribution is -0.136. The number of amides is 3. The molecule has 1 fully saturated rings. The maximum atomic E-state index is 13.9. The number of imidazole rings is 1. The Morgan fingerprint density at radius 3 is 2.24 bits per heavy atom. The first-order valence-corrected chi connectivity index (χ1v) is 14.0. The van der Waals surface area contributed by atoms with Crippen LogP contribution in [0.3, 0.4) is 0 Å². The summed E-state index contributed by atoms with van der Waals surface area (Å²) in [5, 5.41) is 5.46. The van der Waals surface area contributed by atoms with E-state index in [-0.39, 0.29) is 37.0 Å². The van der Waals surface area contributed by atoms with Gasteiger partial charge in [0.2, 0.25) is 5.91 Å². The fourth-order valence-electron chi connectivity index (χ4n) is 5.00. The normalized spacial score (nSPS) is 18.5. The molecule has 3 amide bonds. The van der Waals surface area contributed by atoms with Crippen LogP contribution in [0.1, 0.15) is 57.7 Å². The highest BCUT2D eigenvalue weighted by Gasteiger charge is 2.37. The Morgan fingerprint density at radius 2 is 1.63 bits per heavy atom. The molecule has 10 nitrogen and oxygen atoms in total. The van der Waals surface area contributed by atoms with Gasteiger partial charge in [0.25, 0.3) is 11.8 Å². The third-order valence-electron chi connectivity index (χ3n) is 7.31. The lowest BCUT2D eigenvalue weighted by Gasteiger charge is -2.31. The monoisotopic (exact) mass is 560 g/mol. The van der Waals surface area contributed by atoms with Crippen molar-refractivity contribution in [2.24, 2.45) is 5.73 Å². The lowest BCUT2D eigenvalue weighted by atomic mass is 10.0. The molecule has 3 aromatic rings. The van der Waals surface area contributed by atoms with Crippen LogP contribution in [0, 0.1) is 0 Å². The van der Waals surface area contributed by atoms with Gasteiger partial charge in [0.15, 0.2) is 5.82 Å². The summed E-state index contributed by atoms with van der Waals surface area (Å²) in [6.07, 6.45) is 5.09. The van der Waals surface area contributed by atoms with Crippen LogP contribution in [0.15, 0.2) is 73.2 Å². The van der Waals surface area contributed by atoms with E-state index < -0.39 is 29.4 Å². The van der Waals surface area contributed by atoms with Gasteiger partial charge < -0.3 is 30.6 Å². The Morgan fingerprint density at radius 1 is 1.02 bits per heavy atom. The van der Waals surface area contributed by atoms with Crippen LogP contribution >= 0.6 is 0 Å². The number of hydrogen-bond donors (Lipinski definition) is 3. The first kappa shape index (κ1) is 30.0. The van der Waals surface area contributed by atoms with E-state index in [0.29, 0.717) is 0 Å². The van der Waals surface area contributed by atoms with E-state index in [1.54, 1.807) is 30.9 Å². The maximum absolute atomic E-state index is 13.9. The first-order chi connectivity index (χ1) is 19.5. The highest BCUT2D eigenvalue weighted by molar-refractivity contribution is 5.98. The Bertz CT molecular complexity index is 1310. The molecule has 0 bridgehead atoms. The molecule has 1 aliphatic heterocycles. The summed E-state index contributed by atoms with van der Waals surface area (Å²) in [6, 6.07) is 17.7. The van der Waals surface area contributed by atoms with Crippen molar-refractivity contribution >= 4 is 23.5 Å². The third kappa shape index (κ3) is 7.59. The molecular weight excluding hydrogens is 520 g/mol. The van der Waals surface area contributed by atoms with Crippen molar-refractivity contribution in [3.8, 4) is 0 Å². The number of carbonyl (C=O) groups excluding carboxylic acids is 3. The minimum atomic E-state index is -1.19. The number of likely N-dealkylation sites (tertiary alicyclic amines) is 1. The lowest BCUT2D eigenvalue weighted by Crippen LogP contribution is -2.56. The molecule has 0 aliphatic carbocycles. The Balaban J connectivity index is 1.52. The zero-order valence-electron chi connectivity index (χ0n) is 24.1. The van der Waals surface area contributed by atoms with Crippen LogP contribution < -0.4 is 16.4 Å². The van der Waals surface area contributed by atoms with Crippen molar-refractivity contribution in [2.45, 2.75) is 76.8 Å². The molecule has 4 unspecified atom stereocenters. The number of rotatable bonds is 11. The van der Waals surface area contributed by atoms with E-state index in [1.165, 1.54) is 0 Å². The van der Waals surface area contributed by atoms with Crippen LogP contribution in [0.2, 0.25) is 0 Å². The second-order valence-electron chi connectivity index (χ2n) is 11.3. The number of nitrogens with two attached hydrogens (primary N) is 1. The molecule has 2 heterocycles. The van der Waals surface area contributed by atoms with E-state index >= 15 is 0 Å². The Kier molecular flexibility index (Phi) is 9.57. The largest absolute Gasteiger partial charge is 0.374 e. The average Bonchev–Trinajstić information content (AvgIpc) is 3.53. The molecule has 1 aromatic heterocycles. The molecule has 0 spiro atoms. The van der Waals surface area contributed by atoms with Crippen LogP contribution in [-0.2, 0) is 25.7 Å².